The van der Waals surface area contributed by atoms with Crippen LogP contribution in [0.1, 0.15) is 22.3 Å². The largest absolute Gasteiger partial charge is 0.391 e. The molecule has 0 unspecified atom stereocenters. The number of β-amino-alcohol motifs (C(OH)–C–C–N with tert-alkyl or cyclic N) is 1. The summed E-state index contributed by atoms with van der Waals surface area (Å²) in [6, 6.07) is 17.8. The molecule has 2 heterocycles. The second kappa shape index (κ2) is 7.14. The quantitative estimate of drug-likeness (QED) is 0.789. The van der Waals surface area contributed by atoms with Gasteiger partial charge in [0.15, 0.2) is 0 Å². The van der Waals surface area contributed by atoms with E-state index in [1.807, 2.05) is 53.3 Å². The summed E-state index contributed by atoms with van der Waals surface area (Å²) in [4.78, 5) is 14.6. The fourth-order valence-corrected chi connectivity index (χ4v) is 3.39. The molecule has 1 atom stereocenters. The van der Waals surface area contributed by atoms with Crippen LogP contribution in [0, 0.1) is 0 Å². The van der Waals surface area contributed by atoms with Crippen LogP contribution in [0.15, 0.2) is 67.0 Å². The summed E-state index contributed by atoms with van der Waals surface area (Å²) in [6.45, 7) is 1.74. The molecule has 1 aliphatic rings. The highest BCUT2D eigenvalue weighted by Crippen LogP contribution is 2.26. The standard InChI is InChI=1S/C21H21N3O2/c25-18-10-13-23(15-18)21(26)20-5-2-1-4-19(20)17-8-6-16(7-9-17)14-24-12-3-11-22-24/h1-9,11-12,18,25H,10,13-15H2/t18-/m0/s1. The number of aliphatic hydroxyl groups is 1. The molecule has 1 fully saturated rings. The predicted molar refractivity (Wildman–Crippen MR) is 99.7 cm³/mol. The van der Waals surface area contributed by atoms with Gasteiger partial charge in [0.2, 0.25) is 0 Å². The summed E-state index contributed by atoms with van der Waals surface area (Å²) in [5.41, 5.74) is 3.77. The first-order chi connectivity index (χ1) is 12.7. The third-order valence-corrected chi connectivity index (χ3v) is 4.78. The molecule has 5 heteroatoms. The number of hydrogen-bond donors (Lipinski definition) is 1. The first-order valence-corrected chi connectivity index (χ1v) is 8.84. The van der Waals surface area contributed by atoms with Crippen LogP contribution in [-0.4, -0.2) is 44.9 Å². The Morgan fingerprint density at radius 1 is 1.12 bits per heavy atom. The number of aromatic nitrogens is 2. The third-order valence-electron chi connectivity index (χ3n) is 4.78. The summed E-state index contributed by atoms with van der Waals surface area (Å²) in [5.74, 6) is -0.0160. The van der Waals surface area contributed by atoms with Gasteiger partial charge in [-0.05, 0) is 35.2 Å². The lowest BCUT2D eigenvalue weighted by atomic mass is 9.98. The van der Waals surface area contributed by atoms with Crippen LogP contribution in [0.2, 0.25) is 0 Å². The number of aliphatic hydroxyl groups excluding tert-OH is 1. The van der Waals surface area contributed by atoms with Crippen molar-refractivity contribution in [2.24, 2.45) is 0 Å². The molecule has 26 heavy (non-hydrogen) atoms. The molecule has 0 spiro atoms. The number of amides is 1. The van der Waals surface area contributed by atoms with Gasteiger partial charge in [0.1, 0.15) is 0 Å². The zero-order valence-electron chi connectivity index (χ0n) is 14.5. The molecule has 1 aliphatic heterocycles. The summed E-state index contributed by atoms with van der Waals surface area (Å²) in [5, 5.41) is 13.9. The predicted octanol–water partition coefficient (Wildman–Crippen LogP) is 2.81. The Morgan fingerprint density at radius 3 is 2.62 bits per heavy atom. The molecule has 1 aromatic heterocycles. The monoisotopic (exact) mass is 347 g/mol. The van der Waals surface area contributed by atoms with E-state index in [0.717, 1.165) is 23.2 Å². The minimum Gasteiger partial charge on any atom is -0.391 e. The molecule has 1 saturated heterocycles. The molecule has 2 aromatic carbocycles. The number of hydrogen-bond acceptors (Lipinski definition) is 3. The molecule has 0 radical (unpaired) electrons. The van der Waals surface area contributed by atoms with E-state index in [1.54, 1.807) is 11.1 Å². The minimum atomic E-state index is -0.410. The minimum absolute atomic E-state index is 0.0160. The van der Waals surface area contributed by atoms with Gasteiger partial charge in [0.25, 0.3) is 5.91 Å². The van der Waals surface area contributed by atoms with Crippen molar-refractivity contribution < 1.29 is 9.90 Å². The fourth-order valence-electron chi connectivity index (χ4n) is 3.39. The second-order valence-electron chi connectivity index (χ2n) is 6.64. The number of rotatable bonds is 4. The smallest absolute Gasteiger partial charge is 0.254 e. The summed E-state index contributed by atoms with van der Waals surface area (Å²) < 4.78 is 1.88. The molecule has 0 aliphatic carbocycles. The van der Waals surface area contributed by atoms with Crippen molar-refractivity contribution in [1.29, 1.82) is 0 Å². The first-order valence-electron chi connectivity index (χ1n) is 8.84. The molecule has 3 aromatic rings. The Hall–Kier alpha value is -2.92. The maximum Gasteiger partial charge on any atom is 0.254 e. The lowest BCUT2D eigenvalue weighted by Gasteiger charge is -2.18. The van der Waals surface area contributed by atoms with Crippen LogP contribution in [0.25, 0.3) is 11.1 Å². The highest BCUT2D eigenvalue weighted by atomic mass is 16.3. The second-order valence-corrected chi connectivity index (χ2v) is 6.64. The molecule has 1 N–H and O–H groups in total. The van der Waals surface area contributed by atoms with Crippen molar-refractivity contribution >= 4 is 5.91 Å². The Balaban J connectivity index is 1.59. The molecule has 132 valence electrons. The van der Waals surface area contributed by atoms with Crippen molar-refractivity contribution in [3.63, 3.8) is 0 Å². The van der Waals surface area contributed by atoms with Gasteiger partial charge >= 0.3 is 0 Å². The number of benzene rings is 2. The Kier molecular flexibility index (Phi) is 4.54. The zero-order chi connectivity index (χ0) is 17.9. The van der Waals surface area contributed by atoms with Crippen LogP contribution in [0.3, 0.4) is 0 Å². The fraction of sp³-hybridized carbons (Fsp3) is 0.238. The van der Waals surface area contributed by atoms with Crippen molar-refractivity contribution in [3.05, 3.63) is 78.1 Å². The lowest BCUT2D eigenvalue weighted by Crippen LogP contribution is -2.29. The summed E-state index contributed by atoms with van der Waals surface area (Å²) in [6.07, 6.45) is 3.95. The van der Waals surface area contributed by atoms with Crippen molar-refractivity contribution in [2.75, 3.05) is 13.1 Å². The van der Waals surface area contributed by atoms with Gasteiger partial charge in [-0.1, -0.05) is 42.5 Å². The number of carbonyl (C=O) groups is 1. The molecule has 0 bridgehead atoms. The van der Waals surface area contributed by atoms with E-state index in [-0.39, 0.29) is 5.91 Å². The maximum absolute atomic E-state index is 12.9. The molecular formula is C21H21N3O2. The van der Waals surface area contributed by atoms with Crippen LogP contribution >= 0.6 is 0 Å². The van der Waals surface area contributed by atoms with Gasteiger partial charge in [-0.15, -0.1) is 0 Å². The van der Waals surface area contributed by atoms with Crippen molar-refractivity contribution in [2.45, 2.75) is 19.1 Å². The normalized spacial score (nSPS) is 16.8. The third kappa shape index (κ3) is 3.39. The van der Waals surface area contributed by atoms with E-state index in [2.05, 4.69) is 17.2 Å². The molecule has 4 rings (SSSR count). The topological polar surface area (TPSA) is 58.4 Å². The molecular weight excluding hydrogens is 326 g/mol. The van der Waals surface area contributed by atoms with Crippen LogP contribution in [0.4, 0.5) is 0 Å². The Bertz CT molecular complexity index is 888. The van der Waals surface area contributed by atoms with Crippen LogP contribution in [-0.2, 0) is 6.54 Å². The van der Waals surface area contributed by atoms with Crippen molar-refractivity contribution in [3.8, 4) is 11.1 Å². The highest BCUT2D eigenvalue weighted by Gasteiger charge is 2.26. The van der Waals surface area contributed by atoms with E-state index >= 15 is 0 Å². The van der Waals surface area contributed by atoms with Gasteiger partial charge in [-0.3, -0.25) is 9.48 Å². The van der Waals surface area contributed by atoms with Crippen molar-refractivity contribution in [1.82, 2.24) is 14.7 Å². The average molecular weight is 347 g/mol. The molecule has 1 amide bonds. The number of likely N-dealkylation sites (tertiary alicyclic amines) is 1. The van der Waals surface area contributed by atoms with E-state index in [4.69, 9.17) is 0 Å². The van der Waals surface area contributed by atoms with Gasteiger partial charge in [-0.2, -0.15) is 5.10 Å². The number of nitrogens with zero attached hydrogens (tertiary/aromatic N) is 3. The number of carbonyl (C=O) groups excluding carboxylic acids is 1. The summed E-state index contributed by atoms with van der Waals surface area (Å²) in [7, 11) is 0. The van der Waals surface area contributed by atoms with Gasteiger partial charge in [0, 0.05) is 31.0 Å². The molecule has 0 saturated carbocycles. The SMILES string of the molecule is O=C(c1ccccc1-c1ccc(Cn2cccn2)cc1)N1CC[C@H](O)C1. The van der Waals surface area contributed by atoms with E-state index in [1.165, 1.54) is 0 Å². The van der Waals surface area contributed by atoms with E-state index < -0.39 is 6.10 Å². The lowest BCUT2D eigenvalue weighted by molar-refractivity contribution is 0.0765. The zero-order valence-corrected chi connectivity index (χ0v) is 14.5. The first kappa shape index (κ1) is 16.5. The van der Waals surface area contributed by atoms with Gasteiger partial charge in [-0.25, -0.2) is 0 Å². The maximum atomic E-state index is 12.9. The Morgan fingerprint density at radius 2 is 1.92 bits per heavy atom. The highest BCUT2D eigenvalue weighted by molar-refractivity contribution is 6.01. The average Bonchev–Trinajstić information content (AvgIpc) is 3.34. The van der Waals surface area contributed by atoms with Crippen LogP contribution < -0.4 is 0 Å². The van der Waals surface area contributed by atoms with Gasteiger partial charge in [0.05, 0.1) is 12.6 Å². The van der Waals surface area contributed by atoms with Crippen LogP contribution in [0.5, 0.6) is 0 Å². The molecule has 5 nitrogen and oxygen atoms in total. The van der Waals surface area contributed by atoms with E-state index in [0.29, 0.717) is 25.1 Å². The van der Waals surface area contributed by atoms with Gasteiger partial charge < -0.3 is 10.0 Å². The Labute approximate surface area is 152 Å². The summed E-state index contributed by atoms with van der Waals surface area (Å²) >= 11 is 0. The van der Waals surface area contributed by atoms with E-state index in [9.17, 15) is 9.90 Å².